The van der Waals surface area contributed by atoms with E-state index in [2.05, 4.69) is 10.3 Å². The van der Waals surface area contributed by atoms with E-state index >= 15 is 0 Å². The number of fused-ring (bicyclic) bond motifs is 1. The van der Waals surface area contributed by atoms with Gasteiger partial charge < -0.3 is 15.8 Å². The Balaban J connectivity index is 1.92. The van der Waals surface area contributed by atoms with Crippen LogP contribution in [0.15, 0.2) is 36.7 Å². The van der Waals surface area contributed by atoms with E-state index in [9.17, 15) is 9.59 Å². The smallest absolute Gasteiger partial charge is 0.418 e. The summed E-state index contributed by atoms with van der Waals surface area (Å²) in [6.07, 6.45) is 2.44. The molecule has 1 aliphatic heterocycles. The molecule has 1 saturated heterocycles. The Hall–Kier alpha value is -2.51. The number of ether oxygens (including phenoxy) is 1. The van der Waals surface area contributed by atoms with Gasteiger partial charge >= 0.3 is 6.09 Å². The fourth-order valence-electron chi connectivity index (χ4n) is 2.75. The van der Waals surface area contributed by atoms with Crippen molar-refractivity contribution in [3.63, 3.8) is 0 Å². The van der Waals surface area contributed by atoms with E-state index in [-0.39, 0.29) is 5.91 Å². The highest BCUT2D eigenvalue weighted by Gasteiger charge is 2.38. The van der Waals surface area contributed by atoms with Gasteiger partial charge in [0, 0.05) is 17.8 Å². The molecule has 0 radical (unpaired) electrons. The average Bonchev–Trinajstić information content (AvgIpc) is 2.51. The molecule has 2 heterocycles. The van der Waals surface area contributed by atoms with Crippen molar-refractivity contribution in [1.29, 1.82) is 0 Å². The summed E-state index contributed by atoms with van der Waals surface area (Å²) in [5.74, 6) is -0.368. The summed E-state index contributed by atoms with van der Waals surface area (Å²) in [6, 6.07) is 6.99. The van der Waals surface area contributed by atoms with Crippen LogP contribution < -0.4 is 11.1 Å². The molecular weight excluding hydrogens is 332 g/mol. The Morgan fingerprint density at radius 3 is 2.65 bits per heavy atom. The molecule has 7 heteroatoms. The van der Waals surface area contributed by atoms with Crippen molar-refractivity contribution < 1.29 is 14.3 Å². The van der Waals surface area contributed by atoms with Gasteiger partial charge in [-0.2, -0.15) is 0 Å². The standard InChI is InChI=1S/C19H24N4O3/c1-19(2,3)26-18(25)23(17(24)15-7-9-22-15)16(20)13-4-5-14-11-21-8-6-12(14)10-13/h4-6,8,10-11,15-16,22H,7,9,20H2,1-3H3/t15-,16?/m0/s1. The van der Waals surface area contributed by atoms with E-state index in [1.807, 2.05) is 18.2 Å². The second kappa shape index (κ2) is 7.01. The minimum Gasteiger partial charge on any atom is -0.443 e. The van der Waals surface area contributed by atoms with Crippen LogP contribution in [0.1, 0.15) is 38.9 Å². The SMILES string of the molecule is CC(C)(C)OC(=O)N(C(=O)[C@@H]1CCN1)C(N)c1ccc2cnccc2c1. The van der Waals surface area contributed by atoms with Gasteiger partial charge in [0.05, 0.1) is 6.04 Å². The van der Waals surface area contributed by atoms with Crippen LogP contribution in [0.4, 0.5) is 4.79 Å². The van der Waals surface area contributed by atoms with Gasteiger partial charge in [-0.1, -0.05) is 12.1 Å². The fraction of sp³-hybridized carbons (Fsp3) is 0.421. The van der Waals surface area contributed by atoms with Crippen molar-refractivity contribution in [3.05, 3.63) is 42.2 Å². The van der Waals surface area contributed by atoms with Gasteiger partial charge in [-0.25, -0.2) is 9.69 Å². The minimum absolute atomic E-state index is 0.368. The van der Waals surface area contributed by atoms with Crippen LogP contribution in [0.3, 0.4) is 0 Å². The Bertz CT molecular complexity index is 827. The second-order valence-electron chi connectivity index (χ2n) is 7.41. The number of benzene rings is 1. The predicted octanol–water partition coefficient (Wildman–Crippen LogP) is 2.32. The largest absolute Gasteiger partial charge is 0.443 e. The summed E-state index contributed by atoms with van der Waals surface area (Å²) in [4.78, 5) is 30.6. The van der Waals surface area contributed by atoms with Crippen molar-refractivity contribution in [1.82, 2.24) is 15.2 Å². The number of nitrogens with zero attached hydrogens (tertiary/aromatic N) is 2. The number of carbonyl (C=O) groups is 2. The maximum atomic E-state index is 12.8. The zero-order valence-corrected chi connectivity index (χ0v) is 15.2. The lowest BCUT2D eigenvalue weighted by molar-refractivity contribution is -0.136. The van der Waals surface area contributed by atoms with Gasteiger partial charge in [0.2, 0.25) is 0 Å². The van der Waals surface area contributed by atoms with Crippen LogP contribution in [-0.4, -0.2) is 40.1 Å². The molecule has 2 aromatic rings. The molecule has 2 atom stereocenters. The Kier molecular flexibility index (Phi) is 4.93. The van der Waals surface area contributed by atoms with E-state index in [1.165, 1.54) is 0 Å². The number of hydrogen-bond acceptors (Lipinski definition) is 6. The number of nitrogens with two attached hydrogens (primary N) is 1. The second-order valence-corrected chi connectivity index (χ2v) is 7.41. The number of imide groups is 1. The van der Waals surface area contributed by atoms with Gasteiger partial charge in [-0.15, -0.1) is 0 Å². The Morgan fingerprint density at radius 2 is 2.04 bits per heavy atom. The third-order valence-electron chi connectivity index (χ3n) is 4.23. The number of hydrogen-bond donors (Lipinski definition) is 2. The number of pyridine rings is 1. The highest BCUT2D eigenvalue weighted by molar-refractivity contribution is 5.96. The molecule has 0 aliphatic carbocycles. The first-order valence-corrected chi connectivity index (χ1v) is 8.65. The van der Waals surface area contributed by atoms with Crippen molar-refractivity contribution in [2.45, 2.75) is 45.0 Å². The highest BCUT2D eigenvalue weighted by atomic mass is 16.6. The lowest BCUT2D eigenvalue weighted by atomic mass is 10.0. The van der Waals surface area contributed by atoms with E-state index in [0.717, 1.165) is 22.2 Å². The summed E-state index contributed by atoms with van der Waals surface area (Å²) in [5.41, 5.74) is 6.26. The van der Waals surface area contributed by atoms with Crippen molar-refractivity contribution in [2.24, 2.45) is 5.73 Å². The topological polar surface area (TPSA) is 97.5 Å². The fourth-order valence-corrected chi connectivity index (χ4v) is 2.75. The maximum Gasteiger partial charge on any atom is 0.418 e. The number of carbonyl (C=O) groups excluding carboxylic acids is 2. The molecule has 2 amide bonds. The quantitative estimate of drug-likeness (QED) is 0.819. The summed E-state index contributed by atoms with van der Waals surface area (Å²) >= 11 is 0. The molecule has 0 spiro atoms. The number of rotatable bonds is 3. The van der Waals surface area contributed by atoms with Crippen LogP contribution in [0, 0.1) is 0 Å². The van der Waals surface area contributed by atoms with Gasteiger partial charge in [0.1, 0.15) is 11.8 Å². The first kappa shape index (κ1) is 18.3. The van der Waals surface area contributed by atoms with Crippen molar-refractivity contribution in [3.8, 4) is 0 Å². The average molecular weight is 356 g/mol. The van der Waals surface area contributed by atoms with Crippen molar-refractivity contribution in [2.75, 3.05) is 6.54 Å². The first-order valence-electron chi connectivity index (χ1n) is 8.65. The third kappa shape index (κ3) is 3.84. The van der Waals surface area contributed by atoms with Crippen molar-refractivity contribution >= 4 is 22.8 Å². The van der Waals surface area contributed by atoms with Gasteiger partial charge in [-0.05, 0) is 56.8 Å². The number of nitrogens with one attached hydrogen (secondary N) is 1. The summed E-state index contributed by atoms with van der Waals surface area (Å²) in [5, 5.41) is 4.91. The molecule has 138 valence electrons. The summed E-state index contributed by atoms with van der Waals surface area (Å²) < 4.78 is 5.42. The van der Waals surface area contributed by atoms with Gasteiger partial charge in [0.25, 0.3) is 5.91 Å². The normalized spacial score (nSPS) is 18.1. The van der Waals surface area contributed by atoms with E-state index in [0.29, 0.717) is 12.0 Å². The van der Waals surface area contributed by atoms with Gasteiger partial charge in [-0.3, -0.25) is 9.78 Å². The van der Waals surface area contributed by atoms with Crippen LogP contribution in [-0.2, 0) is 9.53 Å². The molecule has 1 fully saturated rings. The lowest BCUT2D eigenvalue weighted by Gasteiger charge is -2.35. The summed E-state index contributed by atoms with van der Waals surface area (Å²) in [7, 11) is 0. The highest BCUT2D eigenvalue weighted by Crippen LogP contribution is 2.24. The first-order chi connectivity index (χ1) is 12.3. The third-order valence-corrected chi connectivity index (χ3v) is 4.23. The predicted molar refractivity (Wildman–Crippen MR) is 98.2 cm³/mol. The summed E-state index contributed by atoms with van der Waals surface area (Å²) in [6.45, 7) is 6.01. The van der Waals surface area contributed by atoms with Crippen LogP contribution >= 0.6 is 0 Å². The molecule has 7 nitrogen and oxygen atoms in total. The number of amides is 2. The molecule has 3 rings (SSSR count). The van der Waals surface area contributed by atoms with Gasteiger partial charge in [0.15, 0.2) is 0 Å². The zero-order chi connectivity index (χ0) is 18.9. The molecule has 1 unspecified atom stereocenters. The molecule has 0 bridgehead atoms. The van der Waals surface area contributed by atoms with Crippen LogP contribution in [0.25, 0.3) is 10.8 Å². The number of aromatic nitrogens is 1. The van der Waals surface area contributed by atoms with E-state index in [4.69, 9.17) is 10.5 Å². The van der Waals surface area contributed by atoms with E-state index < -0.39 is 23.9 Å². The van der Waals surface area contributed by atoms with E-state index in [1.54, 1.807) is 39.2 Å². The molecule has 3 N–H and O–H groups in total. The maximum absolute atomic E-state index is 12.8. The Morgan fingerprint density at radius 1 is 1.31 bits per heavy atom. The Labute approximate surface area is 152 Å². The molecular formula is C19H24N4O3. The lowest BCUT2D eigenvalue weighted by Crippen LogP contribution is -2.58. The molecule has 0 saturated carbocycles. The van der Waals surface area contributed by atoms with Crippen LogP contribution in [0.5, 0.6) is 0 Å². The molecule has 26 heavy (non-hydrogen) atoms. The zero-order valence-electron chi connectivity index (χ0n) is 15.2. The minimum atomic E-state index is -0.933. The molecule has 1 aromatic carbocycles. The molecule has 1 aliphatic rings. The monoisotopic (exact) mass is 356 g/mol. The van der Waals surface area contributed by atoms with Crippen LogP contribution in [0.2, 0.25) is 0 Å². The molecule has 1 aromatic heterocycles.